The molecule has 3 rings (SSSR count). The van der Waals surface area contributed by atoms with Gasteiger partial charge in [0.25, 0.3) is 0 Å². The molecule has 7 heteroatoms. The van der Waals surface area contributed by atoms with Crippen LogP contribution >= 0.6 is 12.4 Å². The average molecular weight is 396 g/mol. The number of halogens is 1. The Morgan fingerprint density at radius 1 is 1.19 bits per heavy atom. The van der Waals surface area contributed by atoms with Crippen LogP contribution in [-0.4, -0.2) is 55.7 Å². The Balaban J connectivity index is 0.00000261. The van der Waals surface area contributed by atoms with E-state index in [2.05, 4.69) is 10.2 Å². The van der Waals surface area contributed by atoms with Gasteiger partial charge >= 0.3 is 12.0 Å². The number of carbonyl (C=O) groups is 2. The maximum absolute atomic E-state index is 13.2. The van der Waals surface area contributed by atoms with E-state index < -0.39 is 0 Å². The van der Waals surface area contributed by atoms with E-state index in [0.717, 1.165) is 57.4 Å². The van der Waals surface area contributed by atoms with Gasteiger partial charge in [-0.15, -0.1) is 12.4 Å². The van der Waals surface area contributed by atoms with Gasteiger partial charge in [-0.05, 0) is 50.9 Å². The molecule has 0 aromatic heterocycles. The Bertz CT molecular complexity index is 608. The molecule has 0 aliphatic carbocycles. The average Bonchev–Trinajstić information content (AvgIpc) is 3.02. The fourth-order valence-electron chi connectivity index (χ4n) is 4.02. The van der Waals surface area contributed by atoms with Gasteiger partial charge in [-0.1, -0.05) is 24.6 Å². The van der Waals surface area contributed by atoms with Gasteiger partial charge in [0, 0.05) is 24.7 Å². The van der Waals surface area contributed by atoms with Crippen LogP contribution in [0.15, 0.2) is 30.3 Å². The van der Waals surface area contributed by atoms with Crippen molar-refractivity contribution in [3.05, 3.63) is 30.3 Å². The van der Waals surface area contributed by atoms with E-state index in [0.29, 0.717) is 12.5 Å². The lowest BCUT2D eigenvalue weighted by Gasteiger charge is -2.35. The summed E-state index contributed by atoms with van der Waals surface area (Å²) < 4.78 is 4.71. The van der Waals surface area contributed by atoms with E-state index in [1.807, 2.05) is 35.2 Å². The SMILES string of the molecule is COC(=O)CCCCC1CN(c2ccccc2)C(=O)N1C1CCNCC1.Cl. The van der Waals surface area contributed by atoms with Crippen molar-refractivity contribution < 1.29 is 14.3 Å². The maximum atomic E-state index is 13.2. The summed E-state index contributed by atoms with van der Waals surface area (Å²) in [4.78, 5) is 28.5. The van der Waals surface area contributed by atoms with Crippen LogP contribution in [0.3, 0.4) is 0 Å². The topological polar surface area (TPSA) is 61.9 Å². The van der Waals surface area contributed by atoms with Crippen LogP contribution < -0.4 is 10.2 Å². The first-order valence-electron chi connectivity index (χ1n) is 9.63. The minimum atomic E-state index is -0.159. The van der Waals surface area contributed by atoms with E-state index >= 15 is 0 Å². The predicted molar refractivity (Wildman–Crippen MR) is 108 cm³/mol. The number of urea groups is 1. The number of esters is 1. The third kappa shape index (κ3) is 5.36. The van der Waals surface area contributed by atoms with Gasteiger partial charge in [0.2, 0.25) is 0 Å². The first-order chi connectivity index (χ1) is 12.7. The number of nitrogens with zero attached hydrogens (tertiary/aromatic N) is 2. The number of piperidine rings is 1. The lowest BCUT2D eigenvalue weighted by molar-refractivity contribution is -0.140. The molecule has 0 bridgehead atoms. The standard InChI is InChI=1S/C20H29N3O3.ClH/c1-26-19(24)10-6-5-9-18-15-22(16-7-3-2-4-8-16)20(25)23(18)17-11-13-21-14-12-17;/h2-4,7-8,17-18,21H,5-6,9-15H2,1H3;1H. The van der Waals surface area contributed by atoms with Crippen LogP contribution in [0.5, 0.6) is 0 Å². The molecule has 2 aliphatic rings. The number of rotatable bonds is 7. The number of carbonyl (C=O) groups excluding carboxylic acids is 2. The second kappa shape index (κ2) is 10.5. The van der Waals surface area contributed by atoms with Crippen LogP contribution in [0.1, 0.15) is 38.5 Å². The molecule has 1 aromatic carbocycles. The molecule has 0 spiro atoms. The summed E-state index contributed by atoms with van der Waals surface area (Å²) >= 11 is 0. The van der Waals surface area contributed by atoms with Gasteiger partial charge in [-0.3, -0.25) is 9.69 Å². The molecule has 2 amide bonds. The summed E-state index contributed by atoms with van der Waals surface area (Å²) in [5.41, 5.74) is 0.966. The summed E-state index contributed by atoms with van der Waals surface area (Å²) in [7, 11) is 1.43. The molecule has 6 nitrogen and oxygen atoms in total. The molecule has 150 valence electrons. The van der Waals surface area contributed by atoms with Crippen molar-refractivity contribution >= 4 is 30.1 Å². The van der Waals surface area contributed by atoms with Crippen molar-refractivity contribution in [2.24, 2.45) is 0 Å². The Labute approximate surface area is 167 Å². The highest BCUT2D eigenvalue weighted by Gasteiger charge is 2.41. The quantitative estimate of drug-likeness (QED) is 0.568. The zero-order chi connectivity index (χ0) is 18.4. The largest absolute Gasteiger partial charge is 0.469 e. The summed E-state index contributed by atoms with van der Waals surface area (Å²) in [6.45, 7) is 2.66. The third-order valence-corrected chi connectivity index (χ3v) is 5.40. The van der Waals surface area contributed by atoms with Gasteiger partial charge in [-0.2, -0.15) is 0 Å². The van der Waals surface area contributed by atoms with Crippen molar-refractivity contribution in [3.63, 3.8) is 0 Å². The number of hydrogen-bond acceptors (Lipinski definition) is 4. The van der Waals surface area contributed by atoms with Crippen molar-refractivity contribution in [3.8, 4) is 0 Å². The molecule has 0 radical (unpaired) electrons. The van der Waals surface area contributed by atoms with Gasteiger partial charge in [0.1, 0.15) is 0 Å². The number of unbranched alkanes of at least 4 members (excludes halogenated alkanes) is 1. The summed E-state index contributed by atoms with van der Waals surface area (Å²) in [6.07, 6.45) is 5.13. The lowest BCUT2D eigenvalue weighted by Crippen LogP contribution is -2.48. The van der Waals surface area contributed by atoms with Crippen molar-refractivity contribution in [2.75, 3.05) is 31.6 Å². The Morgan fingerprint density at radius 3 is 2.56 bits per heavy atom. The highest BCUT2D eigenvalue weighted by atomic mass is 35.5. The van der Waals surface area contributed by atoms with Crippen LogP contribution in [0.2, 0.25) is 0 Å². The monoisotopic (exact) mass is 395 g/mol. The van der Waals surface area contributed by atoms with Crippen molar-refractivity contribution in [1.29, 1.82) is 0 Å². The molecule has 2 fully saturated rings. The smallest absolute Gasteiger partial charge is 0.325 e. The maximum Gasteiger partial charge on any atom is 0.325 e. The highest BCUT2D eigenvalue weighted by Crippen LogP contribution is 2.30. The first-order valence-corrected chi connectivity index (χ1v) is 9.63. The van der Waals surface area contributed by atoms with Crippen LogP contribution in [-0.2, 0) is 9.53 Å². The van der Waals surface area contributed by atoms with Crippen LogP contribution in [0.4, 0.5) is 10.5 Å². The van der Waals surface area contributed by atoms with E-state index in [1.54, 1.807) is 0 Å². The molecular weight excluding hydrogens is 366 g/mol. The second-order valence-electron chi connectivity index (χ2n) is 7.09. The summed E-state index contributed by atoms with van der Waals surface area (Å²) in [5.74, 6) is -0.159. The number of nitrogens with one attached hydrogen (secondary N) is 1. The molecule has 27 heavy (non-hydrogen) atoms. The number of hydrogen-bond donors (Lipinski definition) is 1. The Morgan fingerprint density at radius 2 is 1.89 bits per heavy atom. The molecule has 0 saturated carbocycles. The molecule has 1 unspecified atom stereocenters. The van der Waals surface area contributed by atoms with Crippen molar-refractivity contribution in [1.82, 2.24) is 10.2 Å². The van der Waals surface area contributed by atoms with Gasteiger partial charge in [0.05, 0.1) is 13.2 Å². The zero-order valence-corrected chi connectivity index (χ0v) is 16.7. The number of anilines is 1. The minimum Gasteiger partial charge on any atom is -0.469 e. The minimum absolute atomic E-state index is 0. The second-order valence-corrected chi connectivity index (χ2v) is 7.09. The lowest BCUT2D eigenvalue weighted by atomic mass is 10.0. The van der Waals surface area contributed by atoms with Gasteiger partial charge in [0.15, 0.2) is 0 Å². The molecule has 1 N–H and O–H groups in total. The fraction of sp³-hybridized carbons (Fsp3) is 0.600. The summed E-state index contributed by atoms with van der Waals surface area (Å²) in [5, 5.41) is 3.38. The number of amides is 2. The fourth-order valence-corrected chi connectivity index (χ4v) is 4.02. The molecule has 2 aliphatic heterocycles. The molecule has 2 saturated heterocycles. The molecular formula is C20H30ClN3O3. The Hall–Kier alpha value is -1.79. The van der Waals surface area contributed by atoms with E-state index in [1.165, 1.54) is 7.11 Å². The predicted octanol–water partition coefficient (Wildman–Crippen LogP) is 3.20. The Kier molecular flexibility index (Phi) is 8.38. The van der Waals surface area contributed by atoms with Gasteiger partial charge in [-0.25, -0.2) is 4.79 Å². The van der Waals surface area contributed by atoms with Gasteiger partial charge < -0.3 is 15.0 Å². The first kappa shape index (κ1) is 21.5. The third-order valence-electron chi connectivity index (χ3n) is 5.40. The summed E-state index contributed by atoms with van der Waals surface area (Å²) in [6, 6.07) is 10.6. The van der Waals surface area contributed by atoms with E-state index in [-0.39, 0.29) is 30.4 Å². The number of para-hydroxylation sites is 1. The molecule has 1 atom stereocenters. The normalized spacial score (nSPS) is 20.5. The van der Waals surface area contributed by atoms with E-state index in [9.17, 15) is 9.59 Å². The highest BCUT2D eigenvalue weighted by molar-refractivity contribution is 5.94. The number of ether oxygens (including phenoxy) is 1. The molecule has 1 aromatic rings. The van der Waals surface area contributed by atoms with Crippen LogP contribution in [0, 0.1) is 0 Å². The number of benzene rings is 1. The van der Waals surface area contributed by atoms with E-state index in [4.69, 9.17) is 4.74 Å². The molecule has 2 heterocycles. The zero-order valence-electron chi connectivity index (χ0n) is 15.9. The number of methoxy groups -OCH3 is 1. The van der Waals surface area contributed by atoms with Crippen molar-refractivity contribution in [2.45, 2.75) is 50.6 Å². The van der Waals surface area contributed by atoms with Crippen LogP contribution in [0.25, 0.3) is 0 Å².